The molecule has 1 aliphatic heterocycles. The van der Waals surface area contributed by atoms with Crippen molar-refractivity contribution in [2.45, 2.75) is 53.5 Å². The summed E-state index contributed by atoms with van der Waals surface area (Å²) < 4.78 is 12.0. The normalized spacial score (nSPS) is 14.6. The number of anilines is 1. The Labute approximate surface area is 300 Å². The van der Waals surface area contributed by atoms with Crippen LogP contribution in [0.25, 0.3) is 32.9 Å². The number of carboxylic acids is 1. The third-order valence-corrected chi connectivity index (χ3v) is 11.0. The largest absolute Gasteiger partial charge is 0.494 e. The van der Waals surface area contributed by atoms with E-state index in [0.717, 1.165) is 66.4 Å². The number of carbonyl (C=O) groups is 2. The molecule has 50 heavy (non-hydrogen) atoms. The number of hydrogen-bond acceptors (Lipinski definition) is 4. The number of rotatable bonds is 8. The predicted molar refractivity (Wildman–Crippen MR) is 200 cm³/mol. The first-order valence-electron chi connectivity index (χ1n) is 16.7. The Hall–Kier alpha value is -4.73. The molecule has 0 aliphatic carbocycles. The van der Waals surface area contributed by atoms with Gasteiger partial charge < -0.3 is 19.0 Å². The van der Waals surface area contributed by atoms with Crippen LogP contribution in [0.5, 0.6) is 5.75 Å². The van der Waals surface area contributed by atoms with E-state index in [1.165, 1.54) is 0 Å². The van der Waals surface area contributed by atoms with Gasteiger partial charge in [0.15, 0.2) is 0 Å². The molecule has 4 heterocycles. The molecule has 258 valence electrons. The maximum absolute atomic E-state index is 15.0. The van der Waals surface area contributed by atoms with E-state index < -0.39 is 5.97 Å². The first kappa shape index (κ1) is 33.8. The van der Waals surface area contributed by atoms with Crippen molar-refractivity contribution in [2.24, 2.45) is 14.1 Å². The van der Waals surface area contributed by atoms with Gasteiger partial charge in [-0.3, -0.25) is 14.4 Å². The van der Waals surface area contributed by atoms with Gasteiger partial charge in [0.2, 0.25) is 0 Å². The number of aromatic carboxylic acids is 1. The number of fused-ring (bicyclic) bond motifs is 4. The van der Waals surface area contributed by atoms with Crippen LogP contribution in [0.2, 0.25) is 10.0 Å². The van der Waals surface area contributed by atoms with Crippen LogP contribution in [0.3, 0.4) is 0 Å². The number of nitrogens with zero attached hydrogens (tertiary/aromatic N) is 5. The lowest BCUT2D eigenvalue weighted by Crippen LogP contribution is -2.44. The lowest BCUT2D eigenvalue weighted by molar-refractivity contribution is 0.0699. The van der Waals surface area contributed by atoms with Crippen LogP contribution < -0.4 is 9.64 Å². The van der Waals surface area contributed by atoms with Crippen LogP contribution in [0.1, 0.15) is 68.3 Å². The highest BCUT2D eigenvalue weighted by Gasteiger charge is 2.39. The zero-order chi connectivity index (χ0) is 35.8. The minimum absolute atomic E-state index is 0.113. The smallest absolute Gasteiger partial charge is 0.340 e. The van der Waals surface area contributed by atoms with E-state index in [1.54, 1.807) is 11.0 Å². The van der Waals surface area contributed by atoms with Gasteiger partial charge in [0.1, 0.15) is 22.8 Å². The number of para-hydroxylation sites is 1. The Morgan fingerprint density at radius 3 is 2.36 bits per heavy atom. The fourth-order valence-corrected chi connectivity index (χ4v) is 8.17. The average molecular weight is 713 g/mol. The molecule has 0 bridgehead atoms. The quantitative estimate of drug-likeness (QED) is 0.159. The van der Waals surface area contributed by atoms with Gasteiger partial charge in [-0.1, -0.05) is 47.5 Å². The number of aryl methyl sites for hydroxylation is 6. The Balaban J connectivity index is 1.40. The maximum atomic E-state index is 15.0. The minimum Gasteiger partial charge on any atom is -0.494 e. The van der Waals surface area contributed by atoms with Crippen molar-refractivity contribution in [3.8, 4) is 16.9 Å². The number of benzene rings is 3. The van der Waals surface area contributed by atoms with Gasteiger partial charge in [0.25, 0.3) is 5.91 Å². The summed E-state index contributed by atoms with van der Waals surface area (Å²) in [6, 6.07) is 14.9. The van der Waals surface area contributed by atoms with Gasteiger partial charge in [0.05, 0.1) is 28.4 Å². The number of amides is 1. The molecule has 1 N–H and O–H groups in total. The lowest BCUT2D eigenvalue weighted by Gasteiger charge is -2.34. The van der Waals surface area contributed by atoms with E-state index >= 15 is 0 Å². The Bertz CT molecular complexity index is 2360. The lowest BCUT2D eigenvalue weighted by atomic mass is 9.98. The van der Waals surface area contributed by atoms with E-state index in [1.807, 2.05) is 93.5 Å². The minimum atomic E-state index is -1.08. The highest BCUT2D eigenvalue weighted by molar-refractivity contribution is 6.35. The van der Waals surface area contributed by atoms with Crippen molar-refractivity contribution < 1.29 is 19.4 Å². The van der Waals surface area contributed by atoms with Crippen LogP contribution in [0, 0.1) is 27.7 Å². The second kappa shape index (κ2) is 12.5. The number of hydrogen-bond donors (Lipinski definition) is 1. The summed E-state index contributed by atoms with van der Waals surface area (Å²) in [7, 11) is 3.73. The highest BCUT2D eigenvalue weighted by Crippen LogP contribution is 2.46. The summed E-state index contributed by atoms with van der Waals surface area (Å²) in [6.07, 6.45) is 1.18. The van der Waals surface area contributed by atoms with Crippen LogP contribution in [0.4, 0.5) is 5.82 Å². The van der Waals surface area contributed by atoms with E-state index in [4.69, 9.17) is 33.0 Å². The number of carbonyl (C=O) groups excluding carboxylic acids is 1. The molecule has 3 aromatic heterocycles. The topological polar surface area (TPSA) is 94.5 Å². The third-order valence-electron chi connectivity index (χ3n) is 10.1. The van der Waals surface area contributed by atoms with Crippen LogP contribution in [-0.2, 0) is 20.5 Å². The number of carboxylic acid groups (broad SMARTS) is 1. The van der Waals surface area contributed by atoms with Crippen LogP contribution >= 0.6 is 23.2 Å². The average Bonchev–Trinajstić information content (AvgIpc) is 3.66. The molecule has 1 amide bonds. The van der Waals surface area contributed by atoms with Gasteiger partial charge in [-0.2, -0.15) is 5.10 Å². The van der Waals surface area contributed by atoms with E-state index in [-0.39, 0.29) is 24.1 Å². The van der Waals surface area contributed by atoms with Gasteiger partial charge in [-0.25, -0.2) is 4.79 Å². The van der Waals surface area contributed by atoms with Crippen LogP contribution in [0.15, 0.2) is 48.5 Å². The fourth-order valence-electron chi connectivity index (χ4n) is 7.82. The molecule has 0 saturated carbocycles. The zero-order valence-electron chi connectivity index (χ0n) is 29.2. The van der Waals surface area contributed by atoms with Crippen molar-refractivity contribution in [1.82, 2.24) is 18.9 Å². The Kier molecular flexibility index (Phi) is 8.47. The van der Waals surface area contributed by atoms with Crippen molar-refractivity contribution in [1.29, 1.82) is 0 Å². The van der Waals surface area contributed by atoms with E-state index in [2.05, 4.69) is 11.5 Å². The van der Waals surface area contributed by atoms with E-state index in [9.17, 15) is 14.7 Å². The first-order valence-corrected chi connectivity index (χ1v) is 17.4. The molecule has 11 heteroatoms. The maximum Gasteiger partial charge on any atom is 0.340 e. The first-order chi connectivity index (χ1) is 23.8. The molecule has 0 unspecified atom stereocenters. The Morgan fingerprint density at radius 1 is 1.00 bits per heavy atom. The molecule has 0 saturated heterocycles. The Morgan fingerprint density at radius 2 is 1.70 bits per heavy atom. The van der Waals surface area contributed by atoms with Crippen LogP contribution in [-0.4, -0.2) is 49.0 Å². The summed E-state index contributed by atoms with van der Waals surface area (Å²) in [4.78, 5) is 29.4. The predicted octanol–water partition coefficient (Wildman–Crippen LogP) is 9.01. The number of halogens is 2. The fraction of sp³-hybridized carbons (Fsp3) is 0.308. The molecule has 0 radical (unpaired) electrons. The SMILES string of the molecule is Cc1cc(OCCCc2c3n(c4c(-c5c(C)nn(C)c5C)c(Cl)ccc24)[C@H](C)CN(c2c(C(=O)O)c4ccccc4n2C)C3=O)cc(C)c1Cl. The van der Waals surface area contributed by atoms with Crippen molar-refractivity contribution in [3.05, 3.63) is 97.9 Å². The molecule has 9 nitrogen and oxygen atoms in total. The van der Waals surface area contributed by atoms with Gasteiger partial charge in [0, 0.05) is 59.3 Å². The van der Waals surface area contributed by atoms with Crippen molar-refractivity contribution in [2.75, 3.05) is 18.1 Å². The number of aromatic nitrogens is 4. The summed E-state index contributed by atoms with van der Waals surface area (Å²) in [5.74, 6) is -0.219. The van der Waals surface area contributed by atoms with E-state index in [0.29, 0.717) is 41.4 Å². The molecule has 0 fully saturated rings. The second-order valence-corrected chi connectivity index (χ2v) is 14.1. The monoisotopic (exact) mass is 711 g/mol. The van der Waals surface area contributed by atoms with Crippen molar-refractivity contribution >= 4 is 62.7 Å². The van der Waals surface area contributed by atoms with Gasteiger partial charge in [-0.15, -0.1) is 0 Å². The number of ether oxygens (including phenoxy) is 1. The highest BCUT2D eigenvalue weighted by atomic mass is 35.5. The molecule has 0 spiro atoms. The zero-order valence-corrected chi connectivity index (χ0v) is 30.7. The summed E-state index contributed by atoms with van der Waals surface area (Å²) >= 11 is 13.4. The van der Waals surface area contributed by atoms with Crippen molar-refractivity contribution in [3.63, 3.8) is 0 Å². The summed E-state index contributed by atoms with van der Waals surface area (Å²) in [5, 5.41) is 18.0. The molecule has 1 aliphatic rings. The summed E-state index contributed by atoms with van der Waals surface area (Å²) in [5.41, 5.74) is 8.63. The molecular formula is C39H39Cl2N5O4. The molecule has 7 rings (SSSR count). The second-order valence-electron chi connectivity index (χ2n) is 13.4. The molecule has 6 aromatic rings. The molecule has 1 atom stereocenters. The molecule has 3 aromatic carbocycles. The summed E-state index contributed by atoms with van der Waals surface area (Å²) in [6.45, 7) is 10.7. The third kappa shape index (κ3) is 5.17. The standard InChI is InChI=1S/C39H39Cl2N5O4/c1-20-17-25(18-21(2)34(20)41)50-16-10-12-26-27-14-15-29(40)33(31-23(4)42-44(7)24(31)5)35(27)46-22(3)19-45(38(47)36(26)46)37-32(39(48)49)28-11-8-9-13-30(28)43(37)6/h8-9,11,13-15,17-18,22H,10,12,16,19H2,1-7H3,(H,48,49)/t22-/m1/s1. The molecular weight excluding hydrogens is 673 g/mol. The van der Waals surface area contributed by atoms with Gasteiger partial charge >= 0.3 is 5.97 Å². The van der Waals surface area contributed by atoms with Gasteiger partial charge in [-0.05, 0) is 88.4 Å².